The van der Waals surface area contributed by atoms with Gasteiger partial charge in [-0.25, -0.2) is 4.79 Å². The van der Waals surface area contributed by atoms with Crippen molar-refractivity contribution >= 4 is 31.8 Å². The Morgan fingerprint density at radius 2 is 1.96 bits per heavy atom. The van der Waals surface area contributed by atoms with E-state index in [4.69, 9.17) is 21.1 Å². The topological polar surface area (TPSA) is 75.6 Å². The molecule has 0 aliphatic rings. The van der Waals surface area contributed by atoms with Gasteiger partial charge in [0.05, 0.1) is 6.61 Å². The molecule has 1 amide bonds. The summed E-state index contributed by atoms with van der Waals surface area (Å²) in [6.07, 6.45) is -1.26. The summed E-state index contributed by atoms with van der Waals surface area (Å²) >= 11 is 5.90. The van der Waals surface area contributed by atoms with Crippen molar-refractivity contribution in [3.05, 3.63) is 34.9 Å². The highest BCUT2D eigenvalue weighted by molar-refractivity contribution is 6.74. The lowest BCUT2D eigenvalue weighted by Crippen LogP contribution is -2.49. The molecule has 0 radical (unpaired) electrons. The van der Waals surface area contributed by atoms with E-state index in [1.165, 1.54) is 6.07 Å². The first kappa shape index (κ1) is 19.7. The Hall–Kier alpha value is -1.37. The van der Waals surface area contributed by atoms with Gasteiger partial charge in [0.25, 0.3) is 0 Å². The van der Waals surface area contributed by atoms with Gasteiger partial charge in [0, 0.05) is 10.6 Å². The molecule has 1 rings (SSSR count). The minimum absolute atomic E-state index is 0.00807. The van der Waals surface area contributed by atoms with Crippen molar-refractivity contribution in [1.29, 1.82) is 0 Å². The van der Waals surface area contributed by atoms with Crippen LogP contribution in [0.15, 0.2) is 24.3 Å². The number of benzene rings is 1. The van der Waals surface area contributed by atoms with Gasteiger partial charge in [0.1, 0.15) is 6.04 Å². The molecule has 0 fully saturated rings. The molecule has 1 aromatic rings. The van der Waals surface area contributed by atoms with E-state index in [0.717, 1.165) is 0 Å². The maximum absolute atomic E-state index is 12.6. The normalized spacial score (nSPS) is 13.5. The number of rotatable bonds is 6. The van der Waals surface area contributed by atoms with Gasteiger partial charge in [0.2, 0.25) is 0 Å². The standard InChI is InChI=1S/C16H24ClNO4Si/c1-16(2,3)23(4,5)22-10-13(18-15(20)21)14(19)11-7-6-8-12(17)9-11/h6-9,13,18H,10H2,1-5H3,(H,20,21). The molecule has 0 aromatic heterocycles. The number of carbonyl (C=O) groups excluding carboxylic acids is 1. The van der Waals surface area contributed by atoms with Gasteiger partial charge in [0.15, 0.2) is 14.1 Å². The van der Waals surface area contributed by atoms with Crippen LogP contribution >= 0.6 is 11.6 Å². The summed E-state index contributed by atoms with van der Waals surface area (Å²) in [5.41, 5.74) is 0.357. The Bertz CT molecular complexity index is 584. The zero-order chi connectivity index (χ0) is 17.8. The van der Waals surface area contributed by atoms with Crippen molar-refractivity contribution in [1.82, 2.24) is 5.32 Å². The van der Waals surface area contributed by atoms with Crippen LogP contribution in [0.5, 0.6) is 0 Å². The summed E-state index contributed by atoms with van der Waals surface area (Å²) in [5, 5.41) is 11.6. The van der Waals surface area contributed by atoms with Crippen LogP contribution in [0.2, 0.25) is 23.2 Å². The van der Waals surface area contributed by atoms with Crippen LogP contribution in [0.1, 0.15) is 31.1 Å². The molecule has 1 atom stereocenters. The summed E-state index contributed by atoms with van der Waals surface area (Å²) in [6, 6.07) is 5.48. The van der Waals surface area contributed by atoms with E-state index < -0.39 is 20.5 Å². The predicted molar refractivity (Wildman–Crippen MR) is 93.9 cm³/mol. The fourth-order valence-corrected chi connectivity index (χ4v) is 2.89. The molecule has 0 heterocycles. The van der Waals surface area contributed by atoms with Gasteiger partial charge in [-0.3, -0.25) is 4.79 Å². The first-order chi connectivity index (χ1) is 10.4. The smallest absolute Gasteiger partial charge is 0.405 e. The third-order valence-corrected chi connectivity index (χ3v) is 8.88. The van der Waals surface area contributed by atoms with Crippen LogP contribution in [0.4, 0.5) is 4.79 Å². The molecular weight excluding hydrogens is 334 g/mol. The van der Waals surface area contributed by atoms with E-state index in [0.29, 0.717) is 10.6 Å². The number of carboxylic acid groups (broad SMARTS) is 1. The van der Waals surface area contributed by atoms with Crippen LogP contribution in [0, 0.1) is 0 Å². The molecule has 5 nitrogen and oxygen atoms in total. The largest absolute Gasteiger partial charge is 0.465 e. The Morgan fingerprint density at radius 1 is 1.35 bits per heavy atom. The number of nitrogens with one attached hydrogen (secondary N) is 1. The highest BCUT2D eigenvalue weighted by Gasteiger charge is 2.38. The quantitative estimate of drug-likeness (QED) is 0.591. The molecule has 0 spiro atoms. The van der Waals surface area contributed by atoms with Gasteiger partial charge in [-0.05, 0) is 30.3 Å². The van der Waals surface area contributed by atoms with Crippen LogP contribution < -0.4 is 5.32 Å². The zero-order valence-corrected chi connectivity index (χ0v) is 15.9. The Kier molecular flexibility index (Phi) is 6.38. The van der Waals surface area contributed by atoms with Gasteiger partial charge in [-0.15, -0.1) is 0 Å². The minimum atomic E-state index is -2.09. The number of hydrogen-bond acceptors (Lipinski definition) is 3. The number of amides is 1. The summed E-state index contributed by atoms with van der Waals surface area (Å²) < 4.78 is 5.99. The Balaban J connectivity index is 2.93. The molecule has 2 N–H and O–H groups in total. The fourth-order valence-electron chi connectivity index (χ4n) is 1.68. The van der Waals surface area contributed by atoms with E-state index in [1.54, 1.807) is 18.2 Å². The summed E-state index contributed by atoms with van der Waals surface area (Å²) in [5.74, 6) is -0.353. The molecule has 23 heavy (non-hydrogen) atoms. The van der Waals surface area contributed by atoms with Crippen LogP contribution in [0.25, 0.3) is 0 Å². The molecule has 0 aliphatic carbocycles. The summed E-state index contributed by atoms with van der Waals surface area (Å²) in [6.45, 7) is 10.4. The van der Waals surface area contributed by atoms with Crippen LogP contribution in [0.3, 0.4) is 0 Å². The zero-order valence-electron chi connectivity index (χ0n) is 14.1. The lowest BCUT2D eigenvalue weighted by Gasteiger charge is -2.37. The average Bonchev–Trinajstić information content (AvgIpc) is 2.41. The summed E-state index contributed by atoms with van der Waals surface area (Å²) in [4.78, 5) is 23.6. The second-order valence-corrected chi connectivity index (χ2v) is 12.2. The van der Waals surface area contributed by atoms with Crippen molar-refractivity contribution in [3.63, 3.8) is 0 Å². The van der Waals surface area contributed by atoms with Crippen molar-refractivity contribution in [2.75, 3.05) is 6.61 Å². The molecular formula is C16H24ClNO4Si. The first-order valence-electron chi connectivity index (χ1n) is 7.37. The van der Waals surface area contributed by atoms with Gasteiger partial charge in [-0.2, -0.15) is 0 Å². The average molecular weight is 358 g/mol. The second kappa shape index (κ2) is 7.46. The molecule has 1 unspecified atom stereocenters. The van der Waals surface area contributed by atoms with E-state index >= 15 is 0 Å². The highest BCUT2D eigenvalue weighted by atomic mass is 35.5. The van der Waals surface area contributed by atoms with Crippen molar-refractivity contribution in [2.45, 2.75) is 44.9 Å². The van der Waals surface area contributed by atoms with Gasteiger partial charge < -0.3 is 14.8 Å². The molecule has 7 heteroatoms. The van der Waals surface area contributed by atoms with E-state index in [2.05, 4.69) is 39.2 Å². The first-order valence-corrected chi connectivity index (χ1v) is 10.7. The molecule has 0 bridgehead atoms. The minimum Gasteiger partial charge on any atom is -0.465 e. The second-order valence-electron chi connectivity index (χ2n) is 6.95. The number of ketones is 1. The number of hydrogen-bond donors (Lipinski definition) is 2. The van der Waals surface area contributed by atoms with Crippen LogP contribution in [-0.2, 0) is 4.43 Å². The lowest BCUT2D eigenvalue weighted by atomic mass is 10.1. The fraction of sp³-hybridized carbons (Fsp3) is 0.500. The van der Waals surface area contributed by atoms with Crippen molar-refractivity contribution in [3.8, 4) is 0 Å². The van der Waals surface area contributed by atoms with Crippen molar-refractivity contribution < 1.29 is 19.1 Å². The van der Waals surface area contributed by atoms with E-state index in [9.17, 15) is 9.59 Å². The van der Waals surface area contributed by atoms with Crippen molar-refractivity contribution in [2.24, 2.45) is 0 Å². The SMILES string of the molecule is CC(C)(C)[Si](C)(C)OCC(NC(=O)O)C(=O)c1cccc(Cl)c1. The number of carbonyl (C=O) groups is 2. The molecule has 0 saturated heterocycles. The van der Waals surface area contributed by atoms with E-state index in [1.807, 2.05) is 0 Å². The predicted octanol–water partition coefficient (Wildman–Crippen LogP) is 4.18. The molecule has 128 valence electrons. The maximum atomic E-state index is 12.6. The lowest BCUT2D eigenvalue weighted by molar-refractivity contribution is 0.0894. The maximum Gasteiger partial charge on any atom is 0.405 e. The third kappa shape index (κ3) is 5.64. The van der Waals surface area contributed by atoms with E-state index in [-0.39, 0.29) is 17.4 Å². The number of halogens is 1. The highest BCUT2D eigenvalue weighted by Crippen LogP contribution is 2.36. The molecule has 0 aliphatic heterocycles. The summed E-state index contributed by atoms with van der Waals surface area (Å²) in [7, 11) is -2.09. The number of Topliss-reactive ketones (excluding diaryl/α,β-unsaturated/α-hetero) is 1. The Labute approximate surface area is 143 Å². The molecule has 1 aromatic carbocycles. The van der Waals surface area contributed by atoms with Gasteiger partial charge >= 0.3 is 6.09 Å². The van der Waals surface area contributed by atoms with Crippen LogP contribution in [-0.4, -0.2) is 37.9 Å². The molecule has 0 saturated carbocycles. The van der Waals surface area contributed by atoms with Gasteiger partial charge in [-0.1, -0.05) is 44.5 Å². The third-order valence-electron chi connectivity index (χ3n) is 4.14. The monoisotopic (exact) mass is 357 g/mol. The Morgan fingerprint density at radius 3 is 2.43 bits per heavy atom.